The highest BCUT2D eigenvalue weighted by Gasteiger charge is 2.29. The number of H-pyrrole nitrogens is 1. The number of aromatic amines is 1. The lowest BCUT2D eigenvalue weighted by Gasteiger charge is -2.35. The number of carbonyl (C=O) groups is 1. The number of pyridine rings is 1. The van der Waals surface area contributed by atoms with E-state index in [1.54, 1.807) is 24.2 Å². The van der Waals surface area contributed by atoms with Gasteiger partial charge >= 0.3 is 0 Å². The number of nitrogens with one attached hydrogen (secondary N) is 1. The smallest absolute Gasteiger partial charge is 0.219 e. The number of aromatic nitrogens is 5. The SMILES string of the molecule is CC(=O)N1CCc2nc(N3CCC(Oc4ccc(F)cc4F)CC3)c(-c3cccc(-c4cn[nH]c4)n3)nc2C1. The summed E-state index contributed by atoms with van der Waals surface area (Å²) < 4.78 is 33.3. The van der Waals surface area contributed by atoms with Crippen molar-refractivity contribution in [3.8, 4) is 28.4 Å². The van der Waals surface area contributed by atoms with Crippen LogP contribution in [0.3, 0.4) is 0 Å². The van der Waals surface area contributed by atoms with Gasteiger partial charge in [0.2, 0.25) is 5.91 Å². The quantitative estimate of drug-likeness (QED) is 0.413. The number of fused-ring (bicyclic) bond motifs is 1. The summed E-state index contributed by atoms with van der Waals surface area (Å²) in [7, 11) is 0. The summed E-state index contributed by atoms with van der Waals surface area (Å²) in [5.41, 5.74) is 4.59. The van der Waals surface area contributed by atoms with Gasteiger partial charge < -0.3 is 14.5 Å². The van der Waals surface area contributed by atoms with Crippen LogP contribution < -0.4 is 9.64 Å². The molecule has 1 saturated heterocycles. The van der Waals surface area contributed by atoms with Crippen molar-refractivity contribution in [1.82, 2.24) is 30.0 Å². The van der Waals surface area contributed by atoms with Crippen molar-refractivity contribution in [3.63, 3.8) is 0 Å². The molecule has 0 radical (unpaired) electrons. The van der Waals surface area contributed by atoms with Gasteiger partial charge in [-0.25, -0.2) is 23.7 Å². The van der Waals surface area contributed by atoms with Crippen LogP contribution in [-0.4, -0.2) is 61.7 Å². The molecule has 6 rings (SSSR count). The van der Waals surface area contributed by atoms with Crippen molar-refractivity contribution in [2.45, 2.75) is 38.8 Å². The summed E-state index contributed by atoms with van der Waals surface area (Å²) in [5.74, 6) is -0.547. The predicted molar refractivity (Wildman–Crippen MR) is 140 cm³/mol. The molecular formula is C28H27F2N7O2. The molecule has 1 N–H and O–H groups in total. The summed E-state index contributed by atoms with van der Waals surface area (Å²) >= 11 is 0. The molecule has 0 bridgehead atoms. The Kier molecular flexibility index (Phi) is 6.64. The highest BCUT2D eigenvalue weighted by atomic mass is 19.1. The van der Waals surface area contributed by atoms with E-state index in [2.05, 4.69) is 15.1 Å². The van der Waals surface area contributed by atoms with Crippen LogP contribution in [0, 0.1) is 11.6 Å². The van der Waals surface area contributed by atoms with Gasteiger partial charge in [0.15, 0.2) is 17.4 Å². The highest BCUT2D eigenvalue weighted by Crippen LogP contribution is 2.33. The molecule has 2 aliphatic rings. The topological polar surface area (TPSA) is 100 Å². The zero-order valence-corrected chi connectivity index (χ0v) is 21.4. The zero-order chi connectivity index (χ0) is 26.9. The van der Waals surface area contributed by atoms with E-state index in [4.69, 9.17) is 19.7 Å². The van der Waals surface area contributed by atoms with Gasteiger partial charge in [0.1, 0.15) is 17.6 Å². The second-order valence-corrected chi connectivity index (χ2v) is 9.75. The van der Waals surface area contributed by atoms with Crippen LogP contribution in [0.1, 0.15) is 31.2 Å². The van der Waals surface area contributed by atoms with Crippen molar-refractivity contribution >= 4 is 11.7 Å². The fourth-order valence-corrected chi connectivity index (χ4v) is 5.04. The third kappa shape index (κ3) is 5.16. The first-order valence-electron chi connectivity index (χ1n) is 12.9. The van der Waals surface area contributed by atoms with Crippen molar-refractivity contribution in [2.24, 2.45) is 0 Å². The van der Waals surface area contributed by atoms with Crippen LogP contribution in [0.5, 0.6) is 5.75 Å². The maximum atomic E-state index is 14.1. The maximum Gasteiger partial charge on any atom is 0.219 e. The normalized spacial score (nSPS) is 15.8. The number of rotatable bonds is 5. The number of ether oxygens (including phenoxy) is 1. The van der Waals surface area contributed by atoms with E-state index < -0.39 is 11.6 Å². The van der Waals surface area contributed by atoms with Crippen LogP contribution >= 0.6 is 0 Å². The van der Waals surface area contributed by atoms with Gasteiger partial charge in [-0.1, -0.05) is 6.07 Å². The van der Waals surface area contributed by atoms with Gasteiger partial charge in [0.05, 0.1) is 35.5 Å². The van der Waals surface area contributed by atoms with E-state index in [1.807, 2.05) is 18.2 Å². The molecule has 3 aromatic heterocycles. The van der Waals surface area contributed by atoms with Gasteiger partial charge in [-0.05, 0) is 24.3 Å². The van der Waals surface area contributed by atoms with Gasteiger partial charge in [0.25, 0.3) is 0 Å². The van der Waals surface area contributed by atoms with E-state index in [0.717, 1.165) is 34.5 Å². The Labute approximate surface area is 223 Å². The molecule has 1 fully saturated rings. The summed E-state index contributed by atoms with van der Waals surface area (Å²) in [6.07, 6.45) is 5.18. The summed E-state index contributed by atoms with van der Waals surface area (Å²) in [5, 5.41) is 6.85. The molecule has 39 heavy (non-hydrogen) atoms. The van der Waals surface area contributed by atoms with Crippen LogP contribution in [0.4, 0.5) is 14.6 Å². The third-order valence-corrected chi connectivity index (χ3v) is 7.15. The summed E-state index contributed by atoms with van der Waals surface area (Å²) in [6, 6.07) is 9.09. The molecule has 0 unspecified atom stereocenters. The van der Waals surface area contributed by atoms with E-state index in [9.17, 15) is 13.6 Å². The molecule has 2 aliphatic heterocycles. The Morgan fingerprint density at radius 3 is 2.59 bits per heavy atom. The first kappa shape index (κ1) is 24.9. The second-order valence-electron chi connectivity index (χ2n) is 9.75. The lowest BCUT2D eigenvalue weighted by atomic mass is 10.1. The third-order valence-electron chi connectivity index (χ3n) is 7.15. The number of piperidine rings is 1. The highest BCUT2D eigenvalue weighted by molar-refractivity contribution is 5.75. The largest absolute Gasteiger partial charge is 0.487 e. The minimum absolute atomic E-state index is 0.00724. The Morgan fingerprint density at radius 1 is 1.03 bits per heavy atom. The number of anilines is 1. The Morgan fingerprint density at radius 2 is 1.85 bits per heavy atom. The molecule has 0 spiro atoms. The number of carbonyl (C=O) groups excluding carboxylic acids is 1. The molecule has 11 heteroatoms. The average molecular weight is 532 g/mol. The van der Waals surface area contributed by atoms with Crippen molar-refractivity contribution < 1.29 is 18.3 Å². The van der Waals surface area contributed by atoms with Gasteiger partial charge in [-0.2, -0.15) is 5.10 Å². The predicted octanol–water partition coefficient (Wildman–Crippen LogP) is 4.16. The first-order chi connectivity index (χ1) is 18.9. The number of nitrogens with zero attached hydrogens (tertiary/aromatic N) is 6. The molecule has 0 atom stereocenters. The molecule has 9 nitrogen and oxygen atoms in total. The molecule has 5 heterocycles. The standard InChI is InChI=1S/C28H27F2N7O2/c1-17(38)37-12-9-23-25(16-37)34-27(24-4-2-3-22(33-24)18-14-31-32-15-18)28(35-23)36-10-7-20(8-11-36)39-26-6-5-19(29)13-21(26)30/h2-6,13-15,20H,7-12,16H2,1H3,(H,31,32). The van der Waals surface area contributed by atoms with Crippen molar-refractivity contribution in [3.05, 3.63) is 71.8 Å². The van der Waals surface area contributed by atoms with E-state index in [1.165, 1.54) is 12.1 Å². The molecule has 0 saturated carbocycles. The number of halogens is 2. The fraction of sp³-hybridized carbons (Fsp3) is 0.321. The van der Waals surface area contributed by atoms with E-state index >= 15 is 0 Å². The van der Waals surface area contributed by atoms with Crippen LogP contribution in [0.2, 0.25) is 0 Å². The Hall–Kier alpha value is -4.41. The lowest BCUT2D eigenvalue weighted by Crippen LogP contribution is -2.40. The molecule has 1 amide bonds. The van der Waals surface area contributed by atoms with Gasteiger partial charge in [0, 0.05) is 63.6 Å². The zero-order valence-electron chi connectivity index (χ0n) is 21.4. The monoisotopic (exact) mass is 531 g/mol. The fourth-order valence-electron chi connectivity index (χ4n) is 5.04. The Balaban J connectivity index is 1.30. The average Bonchev–Trinajstić information content (AvgIpc) is 3.49. The lowest BCUT2D eigenvalue weighted by molar-refractivity contribution is -0.129. The van der Waals surface area contributed by atoms with Crippen molar-refractivity contribution in [1.29, 1.82) is 0 Å². The molecule has 1 aromatic carbocycles. The molecule has 4 aromatic rings. The molecular weight excluding hydrogens is 504 g/mol. The first-order valence-corrected chi connectivity index (χ1v) is 12.9. The summed E-state index contributed by atoms with van der Waals surface area (Å²) in [6.45, 7) is 3.81. The number of hydrogen-bond acceptors (Lipinski definition) is 7. The Bertz CT molecular complexity index is 1500. The minimum atomic E-state index is -0.705. The van der Waals surface area contributed by atoms with Crippen LogP contribution in [-0.2, 0) is 17.8 Å². The molecule has 200 valence electrons. The number of hydrogen-bond donors (Lipinski definition) is 1. The summed E-state index contributed by atoms with van der Waals surface area (Å²) in [4.78, 5) is 30.9. The van der Waals surface area contributed by atoms with E-state index in [-0.39, 0.29) is 17.8 Å². The second kappa shape index (κ2) is 10.4. The van der Waals surface area contributed by atoms with Crippen molar-refractivity contribution in [2.75, 3.05) is 24.5 Å². The minimum Gasteiger partial charge on any atom is -0.487 e. The molecule has 0 aliphatic carbocycles. The van der Waals surface area contributed by atoms with Crippen LogP contribution in [0.25, 0.3) is 22.6 Å². The number of benzene rings is 1. The maximum absolute atomic E-state index is 14.1. The van der Waals surface area contributed by atoms with Gasteiger partial charge in [-0.15, -0.1) is 0 Å². The number of amides is 1. The van der Waals surface area contributed by atoms with E-state index in [0.29, 0.717) is 56.8 Å². The van der Waals surface area contributed by atoms with Gasteiger partial charge in [-0.3, -0.25) is 9.89 Å². The van der Waals surface area contributed by atoms with Crippen LogP contribution in [0.15, 0.2) is 48.8 Å².